The van der Waals surface area contributed by atoms with E-state index in [1.807, 2.05) is 19.1 Å². The molecule has 2 rings (SSSR count). The Morgan fingerprint density at radius 2 is 2.37 bits per heavy atom. The van der Waals surface area contributed by atoms with Gasteiger partial charge in [-0.2, -0.15) is 11.8 Å². The second kappa shape index (κ2) is 5.94. The molecule has 0 radical (unpaired) electrons. The van der Waals surface area contributed by atoms with Gasteiger partial charge in [-0.05, 0) is 52.7 Å². The Balaban J connectivity index is 2.30. The minimum absolute atomic E-state index is 0.0215. The van der Waals surface area contributed by atoms with Crippen LogP contribution in [0, 0.1) is 0 Å². The minimum Gasteiger partial charge on any atom is -0.479 e. The number of anilines is 1. The minimum atomic E-state index is -0.907. The molecule has 1 aliphatic rings. The third kappa shape index (κ3) is 3.03. The number of hydrogen-bond acceptors (Lipinski definition) is 3. The van der Waals surface area contributed by atoms with Crippen LogP contribution in [-0.4, -0.2) is 27.6 Å². The zero-order valence-electron chi connectivity index (χ0n) is 10.5. The van der Waals surface area contributed by atoms with Gasteiger partial charge in [0.05, 0.1) is 5.02 Å². The highest BCUT2D eigenvalue weighted by Gasteiger charge is 2.45. The molecule has 1 heterocycles. The number of halogens is 2. The number of benzene rings is 1. The van der Waals surface area contributed by atoms with E-state index in [1.165, 1.54) is 0 Å². The van der Waals surface area contributed by atoms with Gasteiger partial charge >= 0.3 is 5.97 Å². The summed E-state index contributed by atoms with van der Waals surface area (Å²) in [6, 6.07) is 5.38. The van der Waals surface area contributed by atoms with Crippen LogP contribution >= 0.6 is 39.3 Å². The van der Waals surface area contributed by atoms with Crippen LogP contribution in [0.4, 0.5) is 5.69 Å². The van der Waals surface area contributed by atoms with Crippen molar-refractivity contribution in [3.63, 3.8) is 0 Å². The van der Waals surface area contributed by atoms with Gasteiger partial charge in [0.2, 0.25) is 0 Å². The summed E-state index contributed by atoms with van der Waals surface area (Å²) in [6.07, 6.45) is 1.54. The standard InChI is InChI=1S/C13H15BrClNO2S/c1-8-13(12(17)18,5-2-6-19-8)16-9-3-4-11(15)10(14)7-9/h3-4,7-8,16H,2,5-6H2,1H3,(H,17,18). The molecule has 1 fully saturated rings. The van der Waals surface area contributed by atoms with Crippen LogP contribution in [0.3, 0.4) is 0 Å². The Morgan fingerprint density at radius 3 is 2.95 bits per heavy atom. The lowest BCUT2D eigenvalue weighted by Crippen LogP contribution is -2.55. The molecule has 0 amide bonds. The van der Waals surface area contributed by atoms with Crippen LogP contribution < -0.4 is 5.32 Å². The summed E-state index contributed by atoms with van der Waals surface area (Å²) >= 11 is 11.0. The summed E-state index contributed by atoms with van der Waals surface area (Å²) in [4.78, 5) is 11.7. The fourth-order valence-electron chi connectivity index (χ4n) is 2.29. The zero-order chi connectivity index (χ0) is 14.0. The predicted molar refractivity (Wildman–Crippen MR) is 84.3 cm³/mol. The third-order valence-electron chi connectivity index (χ3n) is 3.45. The maximum absolute atomic E-state index is 11.7. The highest BCUT2D eigenvalue weighted by Crippen LogP contribution is 2.38. The van der Waals surface area contributed by atoms with E-state index in [0.29, 0.717) is 11.4 Å². The van der Waals surface area contributed by atoms with Gasteiger partial charge in [0.15, 0.2) is 0 Å². The monoisotopic (exact) mass is 363 g/mol. The van der Waals surface area contributed by atoms with E-state index in [0.717, 1.165) is 22.3 Å². The Labute approximate surface area is 130 Å². The van der Waals surface area contributed by atoms with Gasteiger partial charge in [-0.1, -0.05) is 18.5 Å². The van der Waals surface area contributed by atoms with Crippen LogP contribution in [0.2, 0.25) is 5.02 Å². The van der Waals surface area contributed by atoms with E-state index in [4.69, 9.17) is 11.6 Å². The summed E-state index contributed by atoms with van der Waals surface area (Å²) in [7, 11) is 0. The number of aliphatic carboxylic acids is 1. The number of carboxylic acids is 1. The van der Waals surface area contributed by atoms with Crippen molar-refractivity contribution in [2.75, 3.05) is 11.1 Å². The lowest BCUT2D eigenvalue weighted by Gasteiger charge is -2.39. The summed E-state index contributed by atoms with van der Waals surface area (Å²) in [5, 5.41) is 13.5. The molecule has 0 saturated carbocycles. The van der Waals surface area contributed by atoms with Crippen LogP contribution in [0.25, 0.3) is 0 Å². The average molecular weight is 365 g/mol. The fraction of sp³-hybridized carbons (Fsp3) is 0.462. The molecule has 0 bridgehead atoms. The van der Waals surface area contributed by atoms with E-state index in [2.05, 4.69) is 21.2 Å². The van der Waals surface area contributed by atoms with Gasteiger partial charge in [0, 0.05) is 15.4 Å². The highest BCUT2D eigenvalue weighted by atomic mass is 79.9. The van der Waals surface area contributed by atoms with Crippen molar-refractivity contribution in [1.82, 2.24) is 0 Å². The largest absolute Gasteiger partial charge is 0.479 e. The topological polar surface area (TPSA) is 49.3 Å². The van der Waals surface area contributed by atoms with Crippen molar-refractivity contribution in [3.8, 4) is 0 Å². The molecule has 1 aromatic carbocycles. The predicted octanol–water partition coefficient (Wildman–Crippen LogP) is 4.25. The number of thioether (sulfide) groups is 1. The summed E-state index contributed by atoms with van der Waals surface area (Å²) in [5.41, 5.74) is -0.135. The van der Waals surface area contributed by atoms with Gasteiger partial charge in [-0.25, -0.2) is 4.79 Å². The molecule has 0 aromatic heterocycles. The third-order valence-corrected chi connectivity index (χ3v) is 6.09. The molecule has 2 atom stereocenters. The normalized spacial score (nSPS) is 27.0. The smallest absolute Gasteiger partial charge is 0.330 e. The second-order valence-corrected chi connectivity index (χ2v) is 7.36. The van der Waals surface area contributed by atoms with E-state index >= 15 is 0 Å². The molecule has 6 heteroatoms. The van der Waals surface area contributed by atoms with Gasteiger partial charge in [-0.15, -0.1) is 0 Å². The molecule has 1 saturated heterocycles. The summed E-state index contributed by atoms with van der Waals surface area (Å²) in [6.45, 7) is 1.97. The first-order valence-electron chi connectivity index (χ1n) is 6.04. The van der Waals surface area contributed by atoms with Gasteiger partial charge in [-0.3, -0.25) is 0 Å². The molecule has 0 spiro atoms. The molecule has 3 nitrogen and oxygen atoms in total. The molecule has 2 N–H and O–H groups in total. The van der Waals surface area contributed by atoms with Gasteiger partial charge in [0.1, 0.15) is 5.54 Å². The molecule has 104 valence electrons. The Morgan fingerprint density at radius 1 is 1.63 bits per heavy atom. The molecule has 2 unspecified atom stereocenters. The van der Waals surface area contributed by atoms with E-state index in [-0.39, 0.29) is 5.25 Å². The van der Waals surface area contributed by atoms with Crippen molar-refractivity contribution in [2.24, 2.45) is 0 Å². The first kappa shape index (κ1) is 15.0. The first-order valence-corrected chi connectivity index (χ1v) is 8.26. The molecule has 1 aliphatic heterocycles. The fourth-order valence-corrected chi connectivity index (χ4v) is 4.01. The van der Waals surface area contributed by atoms with E-state index in [1.54, 1.807) is 17.8 Å². The Bertz CT molecular complexity index is 500. The SMILES string of the molecule is CC1SCCCC1(Nc1ccc(Cl)c(Br)c1)C(=O)O. The van der Waals surface area contributed by atoms with Crippen LogP contribution in [0.5, 0.6) is 0 Å². The van der Waals surface area contributed by atoms with Crippen LogP contribution in [0.1, 0.15) is 19.8 Å². The number of rotatable bonds is 3. The van der Waals surface area contributed by atoms with Crippen molar-refractivity contribution in [1.29, 1.82) is 0 Å². The first-order chi connectivity index (χ1) is 8.95. The molecule has 0 aliphatic carbocycles. The van der Waals surface area contributed by atoms with Crippen LogP contribution in [-0.2, 0) is 4.79 Å². The molecule has 19 heavy (non-hydrogen) atoms. The second-order valence-electron chi connectivity index (χ2n) is 4.65. The average Bonchev–Trinajstić information content (AvgIpc) is 2.36. The van der Waals surface area contributed by atoms with Gasteiger partial charge < -0.3 is 10.4 Å². The summed E-state index contributed by atoms with van der Waals surface area (Å²) < 4.78 is 0.760. The Kier molecular flexibility index (Phi) is 4.69. The number of hydrogen-bond donors (Lipinski definition) is 2. The van der Waals surface area contributed by atoms with Crippen molar-refractivity contribution >= 4 is 50.9 Å². The number of carboxylic acid groups (broad SMARTS) is 1. The molecule has 1 aromatic rings. The van der Waals surface area contributed by atoms with E-state index in [9.17, 15) is 9.90 Å². The molecular weight excluding hydrogens is 350 g/mol. The van der Waals surface area contributed by atoms with Crippen LogP contribution in [0.15, 0.2) is 22.7 Å². The van der Waals surface area contributed by atoms with Crippen molar-refractivity contribution < 1.29 is 9.90 Å². The quantitative estimate of drug-likeness (QED) is 0.841. The maximum atomic E-state index is 11.7. The maximum Gasteiger partial charge on any atom is 0.330 e. The van der Waals surface area contributed by atoms with Crippen molar-refractivity contribution in [2.45, 2.75) is 30.6 Å². The summed E-state index contributed by atoms with van der Waals surface area (Å²) in [5.74, 6) is 0.223. The van der Waals surface area contributed by atoms with Crippen molar-refractivity contribution in [3.05, 3.63) is 27.7 Å². The lowest BCUT2D eigenvalue weighted by atomic mass is 9.89. The number of carbonyl (C=O) groups is 1. The zero-order valence-corrected chi connectivity index (χ0v) is 13.6. The Hall–Kier alpha value is -0.390. The number of nitrogens with one attached hydrogen (secondary N) is 1. The lowest BCUT2D eigenvalue weighted by molar-refractivity contribution is -0.142. The van der Waals surface area contributed by atoms with Gasteiger partial charge in [0.25, 0.3) is 0 Å². The highest BCUT2D eigenvalue weighted by molar-refractivity contribution is 9.10. The van der Waals surface area contributed by atoms with E-state index < -0.39 is 11.5 Å². The molecular formula is C13H15BrClNO2S.